The van der Waals surface area contributed by atoms with E-state index < -0.39 is 11.8 Å². The van der Waals surface area contributed by atoms with E-state index in [9.17, 15) is 9.59 Å². The highest BCUT2D eigenvalue weighted by Crippen LogP contribution is 2.40. The minimum atomic E-state index is -0.622. The molecule has 5 nitrogen and oxygen atoms in total. The standard InChI is InChI=1S/C18H13Cl2NO4/c1-24-12-7-8-14(25-2)13(9-12)21-17(22)15(16(20)18(21)23)10-3-5-11(19)6-4-10/h3-9H,1-2H3. The first kappa shape index (κ1) is 17.3. The molecule has 0 saturated heterocycles. The maximum Gasteiger partial charge on any atom is 0.277 e. The van der Waals surface area contributed by atoms with Crippen LogP contribution in [-0.4, -0.2) is 26.0 Å². The van der Waals surface area contributed by atoms with E-state index in [4.69, 9.17) is 32.7 Å². The Balaban J connectivity index is 2.09. The SMILES string of the molecule is COc1ccc(OC)c(N2C(=O)C(Cl)=C(c3ccc(Cl)cc3)C2=O)c1. The normalized spacial score (nSPS) is 14.3. The van der Waals surface area contributed by atoms with Crippen LogP contribution in [0.3, 0.4) is 0 Å². The maximum absolute atomic E-state index is 12.9. The number of hydrogen-bond donors (Lipinski definition) is 0. The summed E-state index contributed by atoms with van der Waals surface area (Å²) in [6, 6.07) is 11.4. The predicted octanol–water partition coefficient (Wildman–Crippen LogP) is 3.88. The Bertz CT molecular complexity index is 890. The van der Waals surface area contributed by atoms with Crippen LogP contribution < -0.4 is 14.4 Å². The summed E-state index contributed by atoms with van der Waals surface area (Å²) >= 11 is 12.0. The Kier molecular flexibility index (Phi) is 4.70. The summed E-state index contributed by atoms with van der Waals surface area (Å²) in [6.07, 6.45) is 0. The van der Waals surface area contributed by atoms with Crippen molar-refractivity contribution in [2.75, 3.05) is 19.1 Å². The summed E-state index contributed by atoms with van der Waals surface area (Å²) in [4.78, 5) is 26.5. The van der Waals surface area contributed by atoms with Crippen molar-refractivity contribution in [3.05, 3.63) is 58.1 Å². The number of rotatable bonds is 4. The molecule has 0 bridgehead atoms. The zero-order valence-corrected chi connectivity index (χ0v) is 14.9. The molecule has 25 heavy (non-hydrogen) atoms. The molecular weight excluding hydrogens is 365 g/mol. The van der Waals surface area contributed by atoms with Gasteiger partial charge < -0.3 is 9.47 Å². The second-order valence-electron chi connectivity index (χ2n) is 5.18. The second-order valence-corrected chi connectivity index (χ2v) is 5.99. The van der Waals surface area contributed by atoms with Gasteiger partial charge in [0, 0.05) is 11.1 Å². The lowest BCUT2D eigenvalue weighted by Gasteiger charge is -2.18. The molecule has 0 radical (unpaired) electrons. The highest BCUT2D eigenvalue weighted by atomic mass is 35.5. The van der Waals surface area contributed by atoms with Crippen LogP contribution in [0.5, 0.6) is 11.5 Å². The van der Waals surface area contributed by atoms with Gasteiger partial charge in [-0.2, -0.15) is 0 Å². The molecule has 0 atom stereocenters. The summed E-state index contributed by atoms with van der Waals surface area (Å²) in [6.45, 7) is 0. The molecular formula is C18H13Cl2NO4. The molecule has 0 saturated carbocycles. The Hall–Kier alpha value is -2.50. The third kappa shape index (κ3) is 2.97. The van der Waals surface area contributed by atoms with Gasteiger partial charge in [-0.25, -0.2) is 4.90 Å². The van der Waals surface area contributed by atoms with Gasteiger partial charge in [0.05, 0.1) is 25.5 Å². The van der Waals surface area contributed by atoms with Crippen molar-refractivity contribution in [1.29, 1.82) is 0 Å². The molecule has 2 aromatic carbocycles. The minimum absolute atomic E-state index is 0.119. The molecule has 128 valence electrons. The van der Waals surface area contributed by atoms with Crippen LogP contribution in [0.4, 0.5) is 5.69 Å². The minimum Gasteiger partial charge on any atom is -0.497 e. The number of nitrogens with zero attached hydrogens (tertiary/aromatic N) is 1. The quantitative estimate of drug-likeness (QED) is 0.758. The maximum atomic E-state index is 12.9. The van der Waals surface area contributed by atoms with E-state index in [-0.39, 0.29) is 16.3 Å². The average molecular weight is 378 g/mol. The largest absolute Gasteiger partial charge is 0.497 e. The molecule has 0 unspecified atom stereocenters. The number of carbonyl (C=O) groups is 2. The molecule has 2 amide bonds. The molecule has 0 N–H and O–H groups in total. The molecule has 1 heterocycles. The first-order valence-corrected chi connectivity index (χ1v) is 8.00. The Morgan fingerprint density at radius 1 is 0.880 bits per heavy atom. The van der Waals surface area contributed by atoms with E-state index in [1.165, 1.54) is 14.2 Å². The number of hydrogen-bond acceptors (Lipinski definition) is 4. The van der Waals surface area contributed by atoms with E-state index >= 15 is 0 Å². The number of anilines is 1. The van der Waals surface area contributed by atoms with E-state index in [0.717, 1.165) is 4.90 Å². The van der Waals surface area contributed by atoms with Gasteiger partial charge in [0.2, 0.25) is 0 Å². The van der Waals surface area contributed by atoms with Gasteiger partial charge in [-0.05, 0) is 29.8 Å². The Morgan fingerprint density at radius 2 is 1.56 bits per heavy atom. The lowest BCUT2D eigenvalue weighted by molar-refractivity contribution is -0.119. The fourth-order valence-corrected chi connectivity index (χ4v) is 2.96. The fraction of sp³-hybridized carbons (Fsp3) is 0.111. The second kappa shape index (κ2) is 6.78. The Labute approximate surface area is 154 Å². The number of benzene rings is 2. The predicted molar refractivity (Wildman–Crippen MR) is 96.3 cm³/mol. The zero-order valence-electron chi connectivity index (χ0n) is 13.4. The lowest BCUT2D eigenvalue weighted by atomic mass is 10.1. The number of imide groups is 1. The van der Waals surface area contributed by atoms with Crippen LogP contribution in [0, 0.1) is 0 Å². The van der Waals surface area contributed by atoms with E-state index in [1.54, 1.807) is 42.5 Å². The van der Waals surface area contributed by atoms with E-state index in [2.05, 4.69) is 0 Å². The van der Waals surface area contributed by atoms with Gasteiger partial charge in [0.1, 0.15) is 16.5 Å². The van der Waals surface area contributed by atoms with Gasteiger partial charge in [-0.1, -0.05) is 35.3 Å². The lowest BCUT2D eigenvalue weighted by Crippen LogP contribution is -2.31. The van der Waals surface area contributed by atoms with Crippen LogP contribution in [0.1, 0.15) is 5.56 Å². The molecule has 0 spiro atoms. The van der Waals surface area contributed by atoms with Gasteiger partial charge in [-0.15, -0.1) is 0 Å². The third-order valence-corrected chi connectivity index (χ3v) is 4.39. The molecule has 2 aromatic rings. The van der Waals surface area contributed by atoms with Crippen molar-refractivity contribution in [2.24, 2.45) is 0 Å². The molecule has 3 rings (SSSR count). The summed E-state index contributed by atoms with van der Waals surface area (Å²) in [5.41, 5.74) is 0.893. The highest BCUT2D eigenvalue weighted by Gasteiger charge is 2.40. The summed E-state index contributed by atoms with van der Waals surface area (Å²) < 4.78 is 10.4. The van der Waals surface area contributed by atoms with Gasteiger partial charge in [0.25, 0.3) is 11.8 Å². The monoisotopic (exact) mass is 377 g/mol. The van der Waals surface area contributed by atoms with Crippen molar-refractivity contribution >= 4 is 46.3 Å². The highest BCUT2D eigenvalue weighted by molar-refractivity contribution is 6.60. The first-order chi connectivity index (χ1) is 12.0. The summed E-state index contributed by atoms with van der Waals surface area (Å²) in [5.74, 6) is -0.330. The van der Waals surface area contributed by atoms with Gasteiger partial charge >= 0.3 is 0 Å². The van der Waals surface area contributed by atoms with Crippen LogP contribution in [-0.2, 0) is 9.59 Å². The number of ether oxygens (including phenoxy) is 2. The molecule has 0 fully saturated rings. The molecule has 7 heteroatoms. The molecule has 0 aromatic heterocycles. The topological polar surface area (TPSA) is 55.8 Å². The fourth-order valence-electron chi connectivity index (χ4n) is 2.56. The number of amides is 2. The van der Waals surface area contributed by atoms with Crippen molar-refractivity contribution in [3.8, 4) is 11.5 Å². The number of carbonyl (C=O) groups excluding carboxylic acids is 2. The summed E-state index contributed by atoms with van der Waals surface area (Å²) in [5, 5.41) is 0.362. The average Bonchev–Trinajstić information content (AvgIpc) is 2.84. The first-order valence-electron chi connectivity index (χ1n) is 7.24. The van der Waals surface area contributed by atoms with Gasteiger partial charge in [0.15, 0.2) is 0 Å². The smallest absolute Gasteiger partial charge is 0.277 e. The Morgan fingerprint density at radius 3 is 2.16 bits per heavy atom. The molecule has 0 aliphatic carbocycles. The van der Waals surface area contributed by atoms with Crippen LogP contribution >= 0.6 is 23.2 Å². The number of methoxy groups -OCH3 is 2. The molecule has 1 aliphatic rings. The van der Waals surface area contributed by atoms with Crippen molar-refractivity contribution in [1.82, 2.24) is 0 Å². The van der Waals surface area contributed by atoms with E-state index in [1.807, 2.05) is 0 Å². The van der Waals surface area contributed by atoms with Crippen molar-refractivity contribution < 1.29 is 19.1 Å². The number of halogens is 2. The van der Waals surface area contributed by atoms with Crippen LogP contribution in [0.15, 0.2) is 47.5 Å². The van der Waals surface area contributed by atoms with Crippen LogP contribution in [0.25, 0.3) is 5.57 Å². The van der Waals surface area contributed by atoms with Crippen LogP contribution in [0.2, 0.25) is 5.02 Å². The van der Waals surface area contributed by atoms with Gasteiger partial charge in [-0.3, -0.25) is 9.59 Å². The third-order valence-electron chi connectivity index (χ3n) is 3.79. The zero-order chi connectivity index (χ0) is 18.1. The van der Waals surface area contributed by atoms with Crippen molar-refractivity contribution in [2.45, 2.75) is 0 Å². The van der Waals surface area contributed by atoms with Crippen molar-refractivity contribution in [3.63, 3.8) is 0 Å². The summed E-state index contributed by atoms with van der Waals surface area (Å²) in [7, 11) is 2.94. The molecule has 1 aliphatic heterocycles. The van der Waals surface area contributed by atoms with E-state index in [0.29, 0.717) is 22.1 Å².